The van der Waals surface area contributed by atoms with E-state index in [9.17, 15) is 27.3 Å². The molecule has 0 radical (unpaired) electrons. The second-order valence-electron chi connectivity index (χ2n) is 4.91. The number of piperidine rings is 1. The van der Waals surface area contributed by atoms with E-state index in [2.05, 4.69) is 9.50 Å². The van der Waals surface area contributed by atoms with Gasteiger partial charge in [-0.3, -0.25) is 14.3 Å². The van der Waals surface area contributed by atoms with Crippen molar-refractivity contribution in [2.75, 3.05) is 19.7 Å². The zero-order valence-corrected chi connectivity index (χ0v) is 12.2. The predicted molar refractivity (Wildman–Crippen MR) is 72.2 cm³/mol. The van der Waals surface area contributed by atoms with Crippen molar-refractivity contribution >= 4 is 15.8 Å². The molecule has 1 atom stereocenters. The molecule has 1 aromatic carbocycles. The summed E-state index contributed by atoms with van der Waals surface area (Å²) in [4.78, 5) is 9.52. The number of rotatable bonds is 5. The van der Waals surface area contributed by atoms with E-state index in [1.54, 1.807) is 0 Å². The summed E-state index contributed by atoms with van der Waals surface area (Å²) < 4.78 is 55.7. The monoisotopic (exact) mass is 336 g/mol. The zero-order valence-electron chi connectivity index (χ0n) is 11.4. The average molecular weight is 336 g/mol. The van der Waals surface area contributed by atoms with Crippen molar-refractivity contribution in [1.82, 2.24) is 5.32 Å². The van der Waals surface area contributed by atoms with Crippen molar-refractivity contribution in [3.63, 3.8) is 0 Å². The largest absolute Gasteiger partial charge is 0.311 e. The molecular weight excluding hydrogens is 322 g/mol. The fourth-order valence-electron chi connectivity index (χ4n) is 2.07. The number of hydrogen-bond acceptors (Lipinski definition) is 6. The molecule has 1 heterocycles. The smallest absolute Gasteiger partial charge is 0.296 e. The Morgan fingerprint density at radius 2 is 2.00 bits per heavy atom. The van der Waals surface area contributed by atoms with Crippen molar-refractivity contribution in [2.45, 2.75) is 17.2 Å². The molecule has 0 bridgehead atoms. The first kappa shape index (κ1) is 16.7. The second-order valence-corrected chi connectivity index (χ2v) is 6.53. The van der Waals surface area contributed by atoms with Crippen LogP contribution in [-0.4, -0.2) is 39.0 Å². The number of hydrogen-bond donors (Lipinski definition) is 1. The Morgan fingerprint density at radius 1 is 1.36 bits per heavy atom. The Hall–Kier alpha value is -1.65. The predicted octanol–water partition coefficient (Wildman–Crippen LogP) is 1.54. The van der Waals surface area contributed by atoms with Crippen LogP contribution in [-0.2, 0) is 14.3 Å². The zero-order chi connectivity index (χ0) is 16.4. The van der Waals surface area contributed by atoms with Gasteiger partial charge in [-0.1, -0.05) is 0 Å². The number of halogens is 2. The molecule has 0 aromatic heterocycles. The minimum atomic E-state index is -4.23. The quantitative estimate of drug-likeness (QED) is 0.497. The van der Waals surface area contributed by atoms with Gasteiger partial charge in [0.2, 0.25) is 0 Å². The molecule has 122 valence electrons. The number of alkyl halides is 2. The van der Waals surface area contributed by atoms with E-state index in [-0.39, 0.29) is 17.0 Å². The molecular formula is C12H14F2N2O5S. The Kier molecular flexibility index (Phi) is 4.73. The summed E-state index contributed by atoms with van der Waals surface area (Å²) in [6.45, 7) is -0.784. The van der Waals surface area contributed by atoms with E-state index in [4.69, 9.17) is 0 Å². The van der Waals surface area contributed by atoms with Gasteiger partial charge in [0.05, 0.1) is 28.9 Å². The van der Waals surface area contributed by atoms with Crippen LogP contribution in [0.4, 0.5) is 14.5 Å². The molecule has 1 unspecified atom stereocenters. The van der Waals surface area contributed by atoms with E-state index >= 15 is 0 Å². The summed E-state index contributed by atoms with van der Waals surface area (Å²) in [5, 5.41) is 13.0. The summed E-state index contributed by atoms with van der Waals surface area (Å²) in [5.41, 5.74) is -0.274. The van der Waals surface area contributed by atoms with Gasteiger partial charge in [-0.05, 0) is 25.1 Å². The van der Waals surface area contributed by atoms with Crippen molar-refractivity contribution in [3.8, 4) is 0 Å². The SMILES string of the molecule is O=[N+]([O-])c1ccc(S(=O)(=O)OCC2CCNCC2(F)F)cc1. The second kappa shape index (κ2) is 6.23. The first-order valence-corrected chi connectivity index (χ1v) is 7.85. The highest BCUT2D eigenvalue weighted by Crippen LogP contribution is 2.30. The summed E-state index contributed by atoms with van der Waals surface area (Å²) >= 11 is 0. The van der Waals surface area contributed by atoms with Crippen molar-refractivity contribution in [1.29, 1.82) is 0 Å². The highest BCUT2D eigenvalue weighted by Gasteiger charge is 2.42. The van der Waals surface area contributed by atoms with Gasteiger partial charge in [0.1, 0.15) is 0 Å². The van der Waals surface area contributed by atoms with Crippen LogP contribution < -0.4 is 5.32 Å². The molecule has 1 aromatic rings. The fraction of sp³-hybridized carbons (Fsp3) is 0.500. The maximum absolute atomic E-state index is 13.6. The number of benzene rings is 1. The normalized spacial score (nSPS) is 21.5. The van der Waals surface area contributed by atoms with Crippen molar-refractivity contribution in [3.05, 3.63) is 34.4 Å². The van der Waals surface area contributed by atoms with Crippen LogP contribution in [0.5, 0.6) is 0 Å². The van der Waals surface area contributed by atoms with Crippen LogP contribution in [0.3, 0.4) is 0 Å². The minimum absolute atomic E-state index is 0.1000. The van der Waals surface area contributed by atoms with Gasteiger partial charge in [0.25, 0.3) is 21.7 Å². The molecule has 22 heavy (non-hydrogen) atoms. The van der Waals surface area contributed by atoms with E-state index in [0.717, 1.165) is 24.3 Å². The van der Waals surface area contributed by atoms with Gasteiger partial charge in [0.15, 0.2) is 0 Å². The Balaban J connectivity index is 2.06. The number of non-ortho nitro benzene ring substituents is 1. The molecule has 1 saturated heterocycles. The molecule has 7 nitrogen and oxygen atoms in total. The van der Waals surface area contributed by atoms with Gasteiger partial charge in [-0.25, -0.2) is 8.78 Å². The number of nitro benzene ring substituents is 1. The lowest BCUT2D eigenvalue weighted by Gasteiger charge is -2.31. The molecule has 0 aliphatic carbocycles. The third-order valence-corrected chi connectivity index (χ3v) is 4.68. The summed E-state index contributed by atoms with van der Waals surface area (Å²) in [6.07, 6.45) is 0.1000. The molecule has 0 spiro atoms. The average Bonchev–Trinajstić information content (AvgIpc) is 2.46. The Labute approximate surface area is 125 Å². The van der Waals surface area contributed by atoms with Crippen LogP contribution in [0.2, 0.25) is 0 Å². The summed E-state index contributed by atoms with van der Waals surface area (Å²) in [5.74, 6) is -4.23. The van der Waals surface area contributed by atoms with Crippen LogP contribution >= 0.6 is 0 Å². The van der Waals surface area contributed by atoms with Gasteiger partial charge >= 0.3 is 0 Å². The maximum atomic E-state index is 13.6. The fourth-order valence-corrected chi connectivity index (χ4v) is 3.02. The first-order chi connectivity index (χ1) is 10.2. The Bertz CT molecular complexity index is 648. The number of nitro groups is 1. The maximum Gasteiger partial charge on any atom is 0.296 e. The van der Waals surface area contributed by atoms with Crippen molar-refractivity contribution < 1.29 is 26.3 Å². The van der Waals surface area contributed by atoms with Crippen LogP contribution in [0, 0.1) is 16.0 Å². The molecule has 1 aliphatic rings. The van der Waals surface area contributed by atoms with E-state index in [0.29, 0.717) is 6.54 Å². The van der Waals surface area contributed by atoms with E-state index in [1.807, 2.05) is 0 Å². The molecule has 1 N–H and O–H groups in total. The standard InChI is InChI=1S/C12H14F2N2O5S/c13-12(14)8-15-6-5-9(12)7-21-22(19,20)11-3-1-10(2-4-11)16(17)18/h1-4,9,15H,5-8H2. The number of nitrogens with one attached hydrogen (secondary N) is 1. The first-order valence-electron chi connectivity index (χ1n) is 6.45. The number of nitrogens with zero attached hydrogens (tertiary/aromatic N) is 1. The Morgan fingerprint density at radius 3 is 2.55 bits per heavy atom. The molecule has 0 saturated carbocycles. The lowest BCUT2D eigenvalue weighted by molar-refractivity contribution is -0.384. The van der Waals surface area contributed by atoms with E-state index in [1.165, 1.54) is 0 Å². The molecule has 10 heteroatoms. The molecule has 1 aliphatic heterocycles. The van der Waals surface area contributed by atoms with Gasteiger partial charge in [0, 0.05) is 12.1 Å². The summed E-state index contributed by atoms with van der Waals surface area (Å²) in [7, 11) is -4.23. The van der Waals surface area contributed by atoms with Gasteiger partial charge < -0.3 is 5.32 Å². The molecule has 1 fully saturated rings. The highest BCUT2D eigenvalue weighted by atomic mass is 32.2. The lowest BCUT2D eigenvalue weighted by Crippen LogP contribution is -2.47. The summed E-state index contributed by atoms with van der Waals surface area (Å²) in [6, 6.07) is 4.03. The lowest BCUT2D eigenvalue weighted by atomic mass is 9.95. The highest BCUT2D eigenvalue weighted by molar-refractivity contribution is 7.86. The third-order valence-electron chi connectivity index (χ3n) is 3.39. The molecule has 0 amide bonds. The van der Waals surface area contributed by atoms with Crippen LogP contribution in [0.15, 0.2) is 29.2 Å². The third kappa shape index (κ3) is 3.76. The molecule has 2 rings (SSSR count). The van der Waals surface area contributed by atoms with Gasteiger partial charge in [-0.2, -0.15) is 8.42 Å². The minimum Gasteiger partial charge on any atom is -0.311 e. The van der Waals surface area contributed by atoms with Crippen molar-refractivity contribution in [2.24, 2.45) is 5.92 Å². The van der Waals surface area contributed by atoms with E-state index < -0.39 is 40.0 Å². The van der Waals surface area contributed by atoms with Crippen LogP contribution in [0.25, 0.3) is 0 Å². The topological polar surface area (TPSA) is 98.5 Å². The van der Waals surface area contributed by atoms with Crippen LogP contribution in [0.1, 0.15) is 6.42 Å². The van der Waals surface area contributed by atoms with Gasteiger partial charge in [-0.15, -0.1) is 0 Å².